The Morgan fingerprint density at radius 3 is 2.86 bits per heavy atom. The summed E-state index contributed by atoms with van der Waals surface area (Å²) in [4.78, 5) is 1.47. The molecule has 0 unspecified atom stereocenters. The molecule has 1 aliphatic carbocycles. The quantitative estimate of drug-likeness (QED) is 0.811. The summed E-state index contributed by atoms with van der Waals surface area (Å²) in [6.07, 6.45) is 5.50. The summed E-state index contributed by atoms with van der Waals surface area (Å²) in [7, 11) is 0. The van der Waals surface area contributed by atoms with Crippen LogP contribution in [0.15, 0.2) is 15.9 Å². The lowest BCUT2D eigenvalue weighted by atomic mass is 9.85. The zero-order chi connectivity index (χ0) is 9.80. The third kappa shape index (κ3) is 3.07. The first-order valence-electron chi connectivity index (χ1n) is 5.29. The maximum absolute atomic E-state index is 3.54. The topological polar surface area (TPSA) is 12.0 Å². The summed E-state index contributed by atoms with van der Waals surface area (Å²) in [6, 6.07) is 4.34. The first-order chi connectivity index (χ1) is 6.84. The van der Waals surface area contributed by atoms with Gasteiger partial charge >= 0.3 is 0 Å². The van der Waals surface area contributed by atoms with Gasteiger partial charge in [-0.1, -0.05) is 6.42 Å². The van der Waals surface area contributed by atoms with Crippen molar-refractivity contribution in [2.24, 2.45) is 5.92 Å². The van der Waals surface area contributed by atoms with Gasteiger partial charge in [-0.2, -0.15) is 0 Å². The zero-order valence-electron chi connectivity index (χ0n) is 8.26. The van der Waals surface area contributed by atoms with Crippen molar-refractivity contribution in [3.8, 4) is 0 Å². The van der Waals surface area contributed by atoms with Crippen molar-refractivity contribution in [2.75, 3.05) is 13.1 Å². The maximum Gasteiger partial charge on any atom is 0.0701 e. The van der Waals surface area contributed by atoms with E-state index in [4.69, 9.17) is 0 Å². The summed E-state index contributed by atoms with van der Waals surface area (Å²) in [5.41, 5.74) is 0. The fourth-order valence-electron chi connectivity index (χ4n) is 1.70. The first-order valence-corrected chi connectivity index (χ1v) is 6.90. The molecule has 0 atom stereocenters. The highest BCUT2D eigenvalue weighted by atomic mass is 79.9. The predicted octanol–water partition coefficient (Wildman–Crippen LogP) is 3.44. The van der Waals surface area contributed by atoms with Gasteiger partial charge in [-0.25, -0.2) is 0 Å². The maximum atomic E-state index is 3.54. The molecular formula is C11H16BrNS. The van der Waals surface area contributed by atoms with Gasteiger partial charge in [-0.3, -0.25) is 0 Å². The summed E-state index contributed by atoms with van der Waals surface area (Å²) in [6.45, 7) is 2.36. The van der Waals surface area contributed by atoms with E-state index < -0.39 is 0 Å². The van der Waals surface area contributed by atoms with Gasteiger partial charge in [0.2, 0.25) is 0 Å². The van der Waals surface area contributed by atoms with Crippen molar-refractivity contribution in [3.63, 3.8) is 0 Å². The van der Waals surface area contributed by atoms with Crippen LogP contribution in [0.5, 0.6) is 0 Å². The smallest absolute Gasteiger partial charge is 0.0701 e. The van der Waals surface area contributed by atoms with Crippen LogP contribution in [0.1, 0.15) is 24.1 Å². The Kier molecular flexibility index (Phi) is 4.02. The van der Waals surface area contributed by atoms with Crippen LogP contribution < -0.4 is 5.32 Å². The Morgan fingerprint density at radius 2 is 2.29 bits per heavy atom. The molecule has 78 valence electrons. The Morgan fingerprint density at radius 1 is 1.43 bits per heavy atom. The highest BCUT2D eigenvalue weighted by molar-refractivity contribution is 9.11. The molecule has 1 aliphatic rings. The minimum Gasteiger partial charge on any atom is -0.316 e. The SMILES string of the molecule is Brc1ccc(CCNCC2CCC2)s1. The van der Waals surface area contributed by atoms with E-state index in [0.717, 1.165) is 12.5 Å². The van der Waals surface area contributed by atoms with E-state index in [0.29, 0.717) is 0 Å². The summed E-state index contributed by atoms with van der Waals surface area (Å²) < 4.78 is 1.24. The normalized spacial score (nSPS) is 16.9. The molecule has 0 bridgehead atoms. The highest BCUT2D eigenvalue weighted by Crippen LogP contribution is 2.25. The van der Waals surface area contributed by atoms with Crippen molar-refractivity contribution in [1.82, 2.24) is 5.32 Å². The third-order valence-electron chi connectivity index (χ3n) is 2.83. The van der Waals surface area contributed by atoms with Crippen LogP contribution in [0.2, 0.25) is 0 Å². The molecule has 1 aromatic heterocycles. The Balaban J connectivity index is 1.58. The molecule has 0 aliphatic heterocycles. The average Bonchev–Trinajstić information content (AvgIpc) is 2.48. The molecule has 2 rings (SSSR count). The van der Waals surface area contributed by atoms with Gasteiger partial charge in [0.1, 0.15) is 0 Å². The number of hydrogen-bond donors (Lipinski definition) is 1. The van der Waals surface area contributed by atoms with Gasteiger partial charge < -0.3 is 5.32 Å². The fraction of sp³-hybridized carbons (Fsp3) is 0.636. The van der Waals surface area contributed by atoms with Crippen LogP contribution in [0.4, 0.5) is 0 Å². The van der Waals surface area contributed by atoms with Crippen molar-refractivity contribution in [1.29, 1.82) is 0 Å². The minimum absolute atomic E-state index is 0.977. The second kappa shape index (κ2) is 5.29. The van der Waals surface area contributed by atoms with Crippen LogP contribution in [0.3, 0.4) is 0 Å². The van der Waals surface area contributed by atoms with Crippen LogP contribution in [-0.2, 0) is 6.42 Å². The summed E-state index contributed by atoms with van der Waals surface area (Å²) >= 11 is 5.33. The van der Waals surface area contributed by atoms with Crippen LogP contribution in [-0.4, -0.2) is 13.1 Å². The molecule has 3 heteroatoms. The zero-order valence-corrected chi connectivity index (χ0v) is 10.7. The summed E-state index contributed by atoms with van der Waals surface area (Å²) in [5.74, 6) is 0.977. The van der Waals surface area contributed by atoms with E-state index >= 15 is 0 Å². The molecule has 1 aromatic rings. The largest absolute Gasteiger partial charge is 0.316 e. The molecule has 0 amide bonds. The molecule has 0 aromatic carbocycles. The van der Waals surface area contributed by atoms with Gasteiger partial charge in [0.05, 0.1) is 3.79 Å². The van der Waals surface area contributed by atoms with Gasteiger partial charge in [0.25, 0.3) is 0 Å². The molecule has 1 heterocycles. The van der Waals surface area contributed by atoms with Gasteiger partial charge in [-0.05, 0) is 66.3 Å². The average molecular weight is 274 g/mol. The lowest BCUT2D eigenvalue weighted by Gasteiger charge is -2.25. The number of hydrogen-bond acceptors (Lipinski definition) is 2. The molecule has 1 fully saturated rings. The van der Waals surface area contributed by atoms with E-state index in [1.54, 1.807) is 0 Å². The Bertz CT molecular complexity index is 281. The Labute approximate surface area is 98.0 Å². The van der Waals surface area contributed by atoms with Gasteiger partial charge in [-0.15, -0.1) is 11.3 Å². The van der Waals surface area contributed by atoms with E-state index in [9.17, 15) is 0 Å². The van der Waals surface area contributed by atoms with E-state index in [1.807, 2.05) is 11.3 Å². The molecule has 1 saturated carbocycles. The molecule has 0 radical (unpaired) electrons. The molecule has 0 spiro atoms. The second-order valence-corrected chi connectivity index (χ2v) is 6.50. The number of rotatable bonds is 5. The summed E-state index contributed by atoms with van der Waals surface area (Å²) in [5, 5.41) is 3.54. The molecule has 0 saturated heterocycles. The number of halogens is 1. The van der Waals surface area contributed by atoms with Crippen molar-refractivity contribution >= 4 is 27.3 Å². The number of nitrogens with one attached hydrogen (secondary N) is 1. The van der Waals surface area contributed by atoms with Crippen molar-refractivity contribution < 1.29 is 0 Å². The number of thiophene rings is 1. The van der Waals surface area contributed by atoms with E-state index in [1.165, 1.54) is 40.9 Å². The van der Waals surface area contributed by atoms with Crippen molar-refractivity contribution in [3.05, 3.63) is 20.8 Å². The fourth-order valence-corrected chi connectivity index (χ4v) is 3.18. The first kappa shape index (κ1) is 10.7. The predicted molar refractivity (Wildman–Crippen MR) is 65.9 cm³/mol. The lowest BCUT2D eigenvalue weighted by Crippen LogP contribution is -2.28. The van der Waals surface area contributed by atoms with Gasteiger partial charge in [0, 0.05) is 4.88 Å². The van der Waals surface area contributed by atoms with Crippen LogP contribution >= 0.6 is 27.3 Å². The molecule has 1 N–H and O–H groups in total. The third-order valence-corrected chi connectivity index (χ3v) is 4.52. The van der Waals surface area contributed by atoms with E-state index in [2.05, 4.69) is 33.4 Å². The van der Waals surface area contributed by atoms with Gasteiger partial charge in [0.15, 0.2) is 0 Å². The van der Waals surface area contributed by atoms with Crippen LogP contribution in [0.25, 0.3) is 0 Å². The second-order valence-electron chi connectivity index (χ2n) is 3.96. The monoisotopic (exact) mass is 273 g/mol. The molecule has 1 nitrogen and oxygen atoms in total. The van der Waals surface area contributed by atoms with E-state index in [-0.39, 0.29) is 0 Å². The van der Waals surface area contributed by atoms with Crippen molar-refractivity contribution in [2.45, 2.75) is 25.7 Å². The highest BCUT2D eigenvalue weighted by Gasteiger charge is 2.15. The Hall–Kier alpha value is 0.140. The lowest BCUT2D eigenvalue weighted by molar-refractivity contribution is 0.303. The molecular weight excluding hydrogens is 258 g/mol. The standard InChI is InChI=1S/C11H16BrNS/c12-11-5-4-10(14-11)6-7-13-8-9-2-1-3-9/h4-5,9,13H,1-3,6-8H2. The van der Waals surface area contributed by atoms with Crippen LogP contribution in [0, 0.1) is 5.92 Å². The molecule has 14 heavy (non-hydrogen) atoms. The minimum atomic E-state index is 0.977.